The molecule has 0 aromatic carbocycles. The van der Waals surface area contributed by atoms with Crippen LogP contribution in [0.3, 0.4) is 0 Å². The maximum absolute atomic E-state index is 9.53. The molecule has 2 radical (unpaired) electrons. The van der Waals surface area contributed by atoms with E-state index in [-0.39, 0.29) is 37.7 Å². The van der Waals surface area contributed by atoms with E-state index in [2.05, 4.69) is 2.84 Å². The van der Waals surface area contributed by atoms with Gasteiger partial charge in [-0.25, -0.2) is 0 Å². The molecule has 0 aliphatic rings. The Morgan fingerprint density at radius 1 is 0.818 bits per heavy atom. The van der Waals surface area contributed by atoms with Crippen molar-refractivity contribution in [1.29, 1.82) is 0 Å². The Morgan fingerprint density at radius 3 is 1.00 bits per heavy atom. The summed E-state index contributed by atoms with van der Waals surface area (Å²) in [5.41, 5.74) is 0. The predicted molar refractivity (Wildman–Crippen MR) is 19.8 cm³/mol. The molecule has 0 heterocycles. The van der Waals surface area contributed by atoms with Crippen molar-refractivity contribution in [3.05, 3.63) is 0 Å². The van der Waals surface area contributed by atoms with Crippen LogP contribution in [-0.2, 0) is 45.3 Å². The molecule has 0 rings (SSSR count). The van der Waals surface area contributed by atoms with Gasteiger partial charge in [0.25, 0.3) is 0 Å². The zero-order valence-corrected chi connectivity index (χ0v) is 8.30. The topological polar surface area (TPSA) is 118 Å². The van der Waals surface area contributed by atoms with Gasteiger partial charge in [-0.1, -0.05) is 0 Å². The van der Waals surface area contributed by atoms with Crippen LogP contribution in [0.4, 0.5) is 0 Å². The minimum atomic E-state index is -5.76. The first kappa shape index (κ1) is 18.2. The quantitative estimate of drug-likeness (QED) is 0.508. The van der Waals surface area contributed by atoms with Crippen molar-refractivity contribution in [1.82, 2.24) is 0 Å². The van der Waals surface area contributed by atoms with Gasteiger partial charge >= 0.3 is 53.6 Å². The fourth-order valence-corrected chi connectivity index (χ4v) is 1.85. The molecule has 0 amide bonds. The molecule has 7 nitrogen and oxygen atoms in total. The van der Waals surface area contributed by atoms with E-state index in [1.807, 2.05) is 0 Å². The van der Waals surface area contributed by atoms with E-state index >= 15 is 0 Å². The molecular formula is H2Cr2Li2O7. The molecule has 0 aromatic rings. The Kier molecular flexibility index (Phi) is 9.75. The van der Waals surface area contributed by atoms with E-state index in [1.165, 1.54) is 0 Å². The molecule has 0 saturated carbocycles. The average Bonchev–Trinajstić information content (AvgIpc) is 1.14. The van der Waals surface area contributed by atoms with Crippen LogP contribution >= 0.6 is 0 Å². The summed E-state index contributed by atoms with van der Waals surface area (Å²) in [6, 6.07) is 0. The molecule has 0 saturated heterocycles. The minimum absolute atomic E-state index is 0. The molecule has 58 valence electrons. The summed E-state index contributed by atoms with van der Waals surface area (Å²) < 4.78 is 56.3. The van der Waals surface area contributed by atoms with Crippen molar-refractivity contribution >= 4 is 37.7 Å². The first-order valence-corrected chi connectivity index (χ1v) is 5.63. The van der Waals surface area contributed by atoms with Crippen LogP contribution in [0.1, 0.15) is 0 Å². The zero-order valence-electron chi connectivity index (χ0n) is 5.75. The van der Waals surface area contributed by atoms with E-state index in [0.29, 0.717) is 0 Å². The summed E-state index contributed by atoms with van der Waals surface area (Å²) in [7, 11) is 0. The summed E-state index contributed by atoms with van der Waals surface area (Å²) >= 11 is -11.5. The van der Waals surface area contributed by atoms with Gasteiger partial charge in [0.1, 0.15) is 0 Å². The summed E-state index contributed by atoms with van der Waals surface area (Å²) in [6.07, 6.45) is 0. The normalized spacial score (nSPS) is 11.1. The van der Waals surface area contributed by atoms with Crippen molar-refractivity contribution < 1.29 is 53.6 Å². The van der Waals surface area contributed by atoms with Gasteiger partial charge in [-0.2, -0.15) is 0 Å². The van der Waals surface area contributed by atoms with E-state index in [1.54, 1.807) is 0 Å². The van der Waals surface area contributed by atoms with Crippen molar-refractivity contribution in [3.8, 4) is 0 Å². The monoisotopic (exact) mass is 232 g/mol. The predicted octanol–water partition coefficient (Wildman–Crippen LogP) is -2.42. The zero-order chi connectivity index (χ0) is 7.71. The van der Waals surface area contributed by atoms with Crippen molar-refractivity contribution in [2.24, 2.45) is 0 Å². The SMILES string of the molecule is [Li].[Li].[O]=[Cr](=[O])([OH])[O][Cr](=[O])(=[O])[OH]. The summed E-state index contributed by atoms with van der Waals surface area (Å²) in [5.74, 6) is 0. The van der Waals surface area contributed by atoms with Crippen LogP contribution in [0, 0.1) is 0 Å². The first-order chi connectivity index (χ1) is 3.71. The third-order valence-electron chi connectivity index (χ3n) is 0.172. The molecule has 0 fully saturated rings. The molecule has 0 unspecified atom stereocenters. The van der Waals surface area contributed by atoms with Gasteiger partial charge in [-0.3, -0.25) is 0 Å². The van der Waals surface area contributed by atoms with Gasteiger partial charge in [0.2, 0.25) is 0 Å². The van der Waals surface area contributed by atoms with Crippen molar-refractivity contribution in [2.45, 2.75) is 0 Å². The van der Waals surface area contributed by atoms with E-state index < -0.39 is 27.2 Å². The Bertz CT molecular complexity index is 240. The maximum atomic E-state index is 9.53. The van der Waals surface area contributed by atoms with Crippen LogP contribution in [-0.4, -0.2) is 46.0 Å². The van der Waals surface area contributed by atoms with Crippen molar-refractivity contribution in [3.63, 3.8) is 0 Å². The third kappa shape index (κ3) is 18.4. The fourth-order valence-electron chi connectivity index (χ4n) is 0.109. The van der Waals surface area contributed by atoms with Gasteiger partial charge in [-0.05, 0) is 0 Å². The Labute approximate surface area is 90.6 Å². The average molecular weight is 232 g/mol. The number of hydrogen-bond donors (Lipinski definition) is 2. The van der Waals surface area contributed by atoms with E-state index in [4.69, 9.17) is 8.32 Å². The summed E-state index contributed by atoms with van der Waals surface area (Å²) in [4.78, 5) is 0. The fraction of sp³-hybridized carbons (Fsp3) is 0. The van der Waals surface area contributed by atoms with Gasteiger partial charge in [0.05, 0.1) is 0 Å². The second-order valence-electron chi connectivity index (χ2n) is 0.924. The van der Waals surface area contributed by atoms with Gasteiger partial charge in [0.15, 0.2) is 0 Å². The molecule has 0 aromatic heterocycles. The second-order valence-corrected chi connectivity index (χ2v) is 4.68. The van der Waals surface area contributed by atoms with Crippen molar-refractivity contribution in [2.75, 3.05) is 0 Å². The third-order valence-corrected chi connectivity index (χ3v) is 2.92. The van der Waals surface area contributed by atoms with Crippen LogP contribution < -0.4 is 0 Å². The van der Waals surface area contributed by atoms with Gasteiger partial charge in [0, 0.05) is 37.7 Å². The molecule has 11 heavy (non-hydrogen) atoms. The molecule has 0 atom stereocenters. The number of rotatable bonds is 2. The standard InChI is InChI=1S/2Cr.2Li.2H2O.5O/h;;;;2*1H2;;;;;/q2*+1;;;;;;;;;/p-2. The summed E-state index contributed by atoms with van der Waals surface area (Å²) in [6.45, 7) is 0. The van der Waals surface area contributed by atoms with E-state index in [0.717, 1.165) is 0 Å². The molecule has 11 heteroatoms. The second kappa shape index (κ2) is 5.90. The van der Waals surface area contributed by atoms with Crippen LogP contribution in [0.25, 0.3) is 0 Å². The van der Waals surface area contributed by atoms with Crippen LogP contribution in [0.15, 0.2) is 0 Å². The van der Waals surface area contributed by atoms with Gasteiger partial charge in [-0.15, -0.1) is 0 Å². The van der Waals surface area contributed by atoms with Gasteiger partial charge < -0.3 is 0 Å². The number of hydrogen-bond acceptors (Lipinski definition) is 5. The first-order valence-electron chi connectivity index (χ1n) is 1.37. The Balaban J connectivity index is -0.000000320. The molecule has 0 aliphatic heterocycles. The van der Waals surface area contributed by atoms with Crippen LogP contribution in [0.5, 0.6) is 0 Å². The Morgan fingerprint density at radius 2 is 1.00 bits per heavy atom. The van der Waals surface area contributed by atoms with Crippen LogP contribution in [0.2, 0.25) is 0 Å². The molecular weight excluding hydrogens is 230 g/mol. The molecule has 0 aliphatic carbocycles. The Hall–Kier alpha value is 1.34. The molecule has 0 bridgehead atoms. The molecule has 0 spiro atoms. The summed E-state index contributed by atoms with van der Waals surface area (Å²) in [5, 5.41) is 0. The molecule has 2 N–H and O–H groups in total. The van der Waals surface area contributed by atoms with E-state index in [9.17, 15) is 15.2 Å².